The van der Waals surface area contributed by atoms with Crippen LogP contribution in [-0.2, 0) is 0 Å². The molecule has 0 bridgehead atoms. The molecular formula is C8H18N3+. The van der Waals surface area contributed by atoms with Crippen LogP contribution in [0.4, 0.5) is 0 Å². The number of hydrogen-bond acceptors (Lipinski definition) is 2. The molecule has 0 spiro atoms. The Hall–Kier alpha value is -0.540. The molecule has 1 rings (SSSR count). The SMILES string of the molecule is CCCC[N+]1(N)C=CN(C)C1. The van der Waals surface area contributed by atoms with E-state index in [1.54, 1.807) is 0 Å². The van der Waals surface area contributed by atoms with Gasteiger partial charge in [0.25, 0.3) is 0 Å². The van der Waals surface area contributed by atoms with Crippen LogP contribution in [0.25, 0.3) is 0 Å². The predicted octanol–water partition coefficient (Wildman–Crippen LogP) is 0.851. The Kier molecular flexibility index (Phi) is 2.52. The van der Waals surface area contributed by atoms with Crippen molar-refractivity contribution in [2.24, 2.45) is 5.84 Å². The topological polar surface area (TPSA) is 29.3 Å². The lowest BCUT2D eigenvalue weighted by Crippen LogP contribution is -2.51. The van der Waals surface area contributed by atoms with E-state index in [2.05, 4.69) is 31.3 Å². The van der Waals surface area contributed by atoms with Gasteiger partial charge < -0.3 is 4.90 Å². The summed E-state index contributed by atoms with van der Waals surface area (Å²) in [5, 5.41) is 0. The van der Waals surface area contributed by atoms with Gasteiger partial charge in [-0.05, 0) is 6.42 Å². The van der Waals surface area contributed by atoms with Crippen molar-refractivity contribution in [2.45, 2.75) is 19.8 Å². The minimum Gasteiger partial charge on any atom is -0.328 e. The Morgan fingerprint density at radius 3 is 2.82 bits per heavy atom. The van der Waals surface area contributed by atoms with E-state index in [0.717, 1.165) is 13.2 Å². The van der Waals surface area contributed by atoms with Gasteiger partial charge in [0.1, 0.15) is 12.7 Å². The number of nitrogens with zero attached hydrogens (tertiary/aromatic N) is 2. The van der Waals surface area contributed by atoms with Crippen LogP contribution in [0.1, 0.15) is 19.8 Å². The Labute approximate surface area is 68.6 Å². The molecule has 1 aliphatic heterocycles. The molecule has 0 aliphatic carbocycles. The number of unbranched alkanes of at least 4 members (excludes halogenated alkanes) is 1. The highest BCUT2D eigenvalue weighted by molar-refractivity contribution is 4.77. The number of nitrogens with two attached hydrogens (primary N) is 1. The monoisotopic (exact) mass is 156 g/mol. The van der Waals surface area contributed by atoms with Crippen molar-refractivity contribution in [2.75, 3.05) is 20.3 Å². The van der Waals surface area contributed by atoms with E-state index >= 15 is 0 Å². The van der Waals surface area contributed by atoms with Crippen LogP contribution >= 0.6 is 0 Å². The average molecular weight is 156 g/mol. The summed E-state index contributed by atoms with van der Waals surface area (Å²) < 4.78 is 0.588. The Morgan fingerprint density at radius 1 is 1.64 bits per heavy atom. The minimum absolute atomic E-state index is 0.588. The smallest absolute Gasteiger partial charge is 0.175 e. The van der Waals surface area contributed by atoms with E-state index in [4.69, 9.17) is 5.84 Å². The molecule has 0 aromatic carbocycles. The molecule has 11 heavy (non-hydrogen) atoms. The van der Waals surface area contributed by atoms with Crippen LogP contribution in [0.15, 0.2) is 12.4 Å². The van der Waals surface area contributed by atoms with Gasteiger partial charge in [-0.15, -0.1) is 0 Å². The number of rotatable bonds is 3. The molecule has 0 fully saturated rings. The molecule has 0 radical (unpaired) electrons. The first kappa shape index (κ1) is 8.56. The molecular weight excluding hydrogens is 138 g/mol. The lowest BCUT2D eigenvalue weighted by molar-refractivity contribution is -0.893. The largest absolute Gasteiger partial charge is 0.328 e. The van der Waals surface area contributed by atoms with E-state index in [0.29, 0.717) is 4.59 Å². The summed E-state index contributed by atoms with van der Waals surface area (Å²) in [4.78, 5) is 2.12. The molecule has 64 valence electrons. The molecule has 3 heteroatoms. The zero-order valence-corrected chi connectivity index (χ0v) is 7.45. The fraction of sp³-hybridized carbons (Fsp3) is 0.750. The fourth-order valence-electron chi connectivity index (χ4n) is 1.35. The molecule has 0 amide bonds. The molecule has 1 heterocycles. The molecule has 2 N–H and O–H groups in total. The van der Waals surface area contributed by atoms with Crippen LogP contribution in [-0.4, -0.2) is 29.8 Å². The summed E-state index contributed by atoms with van der Waals surface area (Å²) in [6, 6.07) is 0. The van der Waals surface area contributed by atoms with Crippen LogP contribution < -0.4 is 5.84 Å². The number of quaternary nitrogens is 1. The van der Waals surface area contributed by atoms with E-state index in [1.165, 1.54) is 12.8 Å². The van der Waals surface area contributed by atoms with Gasteiger partial charge in [0.05, 0.1) is 6.20 Å². The van der Waals surface area contributed by atoms with E-state index in [1.807, 2.05) is 0 Å². The summed E-state index contributed by atoms with van der Waals surface area (Å²) in [6.45, 7) is 4.16. The maximum Gasteiger partial charge on any atom is 0.175 e. The van der Waals surface area contributed by atoms with Gasteiger partial charge >= 0.3 is 0 Å². The van der Waals surface area contributed by atoms with Crippen molar-refractivity contribution in [3.8, 4) is 0 Å². The molecule has 0 aromatic rings. The molecule has 3 nitrogen and oxygen atoms in total. The second-order valence-corrected chi connectivity index (χ2v) is 3.38. The van der Waals surface area contributed by atoms with E-state index in [9.17, 15) is 0 Å². The van der Waals surface area contributed by atoms with Crippen molar-refractivity contribution < 1.29 is 4.59 Å². The summed E-state index contributed by atoms with van der Waals surface area (Å²) in [6.07, 6.45) is 6.54. The zero-order chi connectivity index (χ0) is 8.32. The highest BCUT2D eigenvalue weighted by Crippen LogP contribution is 2.11. The second kappa shape index (κ2) is 3.24. The van der Waals surface area contributed by atoms with Crippen molar-refractivity contribution >= 4 is 0 Å². The maximum absolute atomic E-state index is 6.04. The minimum atomic E-state index is 0.588. The highest BCUT2D eigenvalue weighted by atomic mass is 15.6. The summed E-state index contributed by atoms with van der Waals surface area (Å²) in [5.74, 6) is 6.04. The maximum atomic E-state index is 6.04. The second-order valence-electron chi connectivity index (χ2n) is 3.38. The third-order valence-corrected chi connectivity index (χ3v) is 2.03. The fourth-order valence-corrected chi connectivity index (χ4v) is 1.35. The lowest BCUT2D eigenvalue weighted by Gasteiger charge is -2.25. The normalized spacial score (nSPS) is 29.9. The van der Waals surface area contributed by atoms with E-state index < -0.39 is 0 Å². The third kappa shape index (κ3) is 2.20. The third-order valence-electron chi connectivity index (χ3n) is 2.03. The average Bonchev–Trinajstić information content (AvgIpc) is 2.28. The quantitative estimate of drug-likeness (QED) is 0.485. The van der Waals surface area contributed by atoms with Gasteiger partial charge in [-0.3, -0.25) is 0 Å². The first-order chi connectivity index (χ1) is 5.16. The van der Waals surface area contributed by atoms with Crippen LogP contribution in [0.3, 0.4) is 0 Å². The van der Waals surface area contributed by atoms with Crippen molar-refractivity contribution in [1.29, 1.82) is 0 Å². The molecule has 0 aromatic heterocycles. The Bertz CT molecular complexity index is 155. The lowest BCUT2D eigenvalue weighted by atomic mass is 10.3. The molecule has 0 saturated heterocycles. The van der Waals surface area contributed by atoms with Crippen LogP contribution in [0.2, 0.25) is 0 Å². The first-order valence-corrected chi connectivity index (χ1v) is 4.21. The predicted molar refractivity (Wildman–Crippen MR) is 46.0 cm³/mol. The van der Waals surface area contributed by atoms with Gasteiger partial charge in [-0.1, -0.05) is 13.3 Å². The van der Waals surface area contributed by atoms with E-state index in [-0.39, 0.29) is 0 Å². The Balaban J connectivity index is 2.37. The molecule has 1 aliphatic rings. The van der Waals surface area contributed by atoms with Gasteiger partial charge in [0.15, 0.2) is 6.67 Å². The van der Waals surface area contributed by atoms with Crippen LogP contribution in [0.5, 0.6) is 0 Å². The molecule has 0 saturated carbocycles. The molecule has 1 unspecified atom stereocenters. The number of hydrogen-bond donors (Lipinski definition) is 1. The zero-order valence-electron chi connectivity index (χ0n) is 7.45. The standard InChI is InChI=1S/C8H18N3/c1-3-4-6-11(9)7-5-10(2)8-11/h5,7H,3-4,6,8-9H2,1-2H3/q+1. The summed E-state index contributed by atoms with van der Waals surface area (Å²) in [7, 11) is 2.05. The van der Waals surface area contributed by atoms with Gasteiger partial charge in [-0.2, -0.15) is 5.84 Å². The van der Waals surface area contributed by atoms with Crippen molar-refractivity contribution in [3.05, 3.63) is 12.4 Å². The molecule has 1 atom stereocenters. The summed E-state index contributed by atoms with van der Waals surface area (Å²) in [5.41, 5.74) is 0. The van der Waals surface area contributed by atoms with Crippen molar-refractivity contribution in [1.82, 2.24) is 4.90 Å². The first-order valence-electron chi connectivity index (χ1n) is 4.21. The Morgan fingerprint density at radius 2 is 2.36 bits per heavy atom. The van der Waals surface area contributed by atoms with Crippen LogP contribution in [0, 0.1) is 0 Å². The van der Waals surface area contributed by atoms with Gasteiger partial charge in [0, 0.05) is 7.05 Å². The highest BCUT2D eigenvalue weighted by Gasteiger charge is 2.25. The van der Waals surface area contributed by atoms with Gasteiger partial charge in [-0.25, -0.2) is 4.59 Å². The summed E-state index contributed by atoms with van der Waals surface area (Å²) >= 11 is 0. The van der Waals surface area contributed by atoms with Crippen molar-refractivity contribution in [3.63, 3.8) is 0 Å². The van der Waals surface area contributed by atoms with Gasteiger partial charge in [0.2, 0.25) is 0 Å².